The standard InChI is InChI=1S/C12H21Cl3S3/c13-16-6-3-10-1-2-11(4-7-17-14)12(9-10)5-8-18-15/h10-12H,1-9H2. The third-order valence-electron chi connectivity index (χ3n) is 3.98. The van der Waals surface area contributed by atoms with Gasteiger partial charge in [-0.05, 0) is 81.9 Å². The molecule has 1 rings (SSSR count). The maximum absolute atomic E-state index is 5.76. The zero-order valence-corrected chi connectivity index (χ0v) is 15.2. The predicted molar refractivity (Wildman–Crippen MR) is 93.1 cm³/mol. The van der Waals surface area contributed by atoms with E-state index in [0.29, 0.717) is 0 Å². The Morgan fingerprint density at radius 2 is 1.28 bits per heavy atom. The van der Waals surface area contributed by atoms with Crippen molar-refractivity contribution in [3.05, 3.63) is 0 Å². The highest BCUT2D eigenvalue weighted by molar-refractivity contribution is 8.21. The Bertz CT molecular complexity index is 207. The van der Waals surface area contributed by atoms with Gasteiger partial charge in [-0.1, -0.05) is 39.3 Å². The minimum atomic E-state index is 0.846. The lowest BCUT2D eigenvalue weighted by Gasteiger charge is -2.36. The molecule has 0 bridgehead atoms. The van der Waals surface area contributed by atoms with Gasteiger partial charge in [-0.25, -0.2) is 0 Å². The van der Waals surface area contributed by atoms with Crippen molar-refractivity contribution in [2.24, 2.45) is 17.8 Å². The zero-order chi connectivity index (χ0) is 13.2. The summed E-state index contributed by atoms with van der Waals surface area (Å²) in [6.07, 6.45) is 7.91. The summed E-state index contributed by atoms with van der Waals surface area (Å²) in [5.74, 6) is 5.83. The zero-order valence-electron chi connectivity index (χ0n) is 10.5. The van der Waals surface area contributed by atoms with Crippen molar-refractivity contribution in [3.8, 4) is 0 Å². The van der Waals surface area contributed by atoms with Gasteiger partial charge in [-0.15, -0.1) is 0 Å². The molecule has 0 aromatic heterocycles. The van der Waals surface area contributed by atoms with Crippen LogP contribution in [0.1, 0.15) is 38.5 Å². The highest BCUT2D eigenvalue weighted by atomic mass is 35.7. The van der Waals surface area contributed by atoms with Gasteiger partial charge in [0.05, 0.1) is 0 Å². The Morgan fingerprint density at radius 1 is 0.722 bits per heavy atom. The molecule has 0 radical (unpaired) electrons. The van der Waals surface area contributed by atoms with Gasteiger partial charge >= 0.3 is 0 Å². The first-order chi connectivity index (χ1) is 8.81. The van der Waals surface area contributed by atoms with Gasteiger partial charge in [0.1, 0.15) is 0 Å². The lowest BCUT2D eigenvalue weighted by Crippen LogP contribution is -2.26. The summed E-state index contributed by atoms with van der Waals surface area (Å²) in [7, 11) is 21.6. The van der Waals surface area contributed by atoms with Crippen molar-refractivity contribution in [2.45, 2.75) is 38.5 Å². The van der Waals surface area contributed by atoms with Crippen molar-refractivity contribution in [2.75, 3.05) is 17.3 Å². The Balaban J connectivity index is 2.38. The fraction of sp³-hybridized carbons (Fsp3) is 1.00. The highest BCUT2D eigenvalue weighted by Gasteiger charge is 2.29. The van der Waals surface area contributed by atoms with E-state index in [1.54, 1.807) is 0 Å². The summed E-state index contributed by atoms with van der Waals surface area (Å²) in [4.78, 5) is 0. The van der Waals surface area contributed by atoms with Crippen molar-refractivity contribution in [1.29, 1.82) is 0 Å². The van der Waals surface area contributed by atoms with Crippen LogP contribution in [0.15, 0.2) is 0 Å². The molecule has 0 nitrogen and oxygen atoms in total. The van der Waals surface area contributed by atoms with Crippen LogP contribution in [0, 0.1) is 17.8 Å². The van der Waals surface area contributed by atoms with E-state index in [1.807, 2.05) is 0 Å². The van der Waals surface area contributed by atoms with Crippen molar-refractivity contribution in [1.82, 2.24) is 0 Å². The van der Waals surface area contributed by atoms with Gasteiger partial charge in [0.15, 0.2) is 0 Å². The molecule has 0 amide bonds. The second-order valence-corrected chi connectivity index (χ2v) is 8.85. The molecule has 108 valence electrons. The topological polar surface area (TPSA) is 0 Å². The fourth-order valence-corrected chi connectivity index (χ4v) is 5.03. The number of halogens is 3. The quantitative estimate of drug-likeness (QED) is 0.437. The first-order valence-electron chi connectivity index (χ1n) is 6.52. The summed E-state index contributed by atoms with van der Waals surface area (Å²) in [6, 6.07) is 0. The molecule has 1 saturated carbocycles. The molecule has 18 heavy (non-hydrogen) atoms. The van der Waals surface area contributed by atoms with E-state index in [0.717, 1.165) is 35.0 Å². The van der Waals surface area contributed by atoms with E-state index in [9.17, 15) is 0 Å². The van der Waals surface area contributed by atoms with Crippen molar-refractivity contribution >= 4 is 65.0 Å². The molecule has 0 N–H and O–H groups in total. The number of rotatable bonds is 9. The maximum atomic E-state index is 5.76. The normalized spacial score (nSPS) is 28.5. The van der Waals surface area contributed by atoms with E-state index >= 15 is 0 Å². The van der Waals surface area contributed by atoms with E-state index < -0.39 is 0 Å². The smallest absolute Gasteiger partial charge is 0.00880 e. The van der Waals surface area contributed by atoms with Crippen LogP contribution in [0.2, 0.25) is 0 Å². The first-order valence-corrected chi connectivity index (χ1v) is 12.0. The lowest BCUT2D eigenvalue weighted by molar-refractivity contribution is 0.169. The van der Waals surface area contributed by atoms with E-state index in [-0.39, 0.29) is 0 Å². The molecular weight excluding hydrogens is 347 g/mol. The lowest BCUT2D eigenvalue weighted by atomic mass is 9.71. The van der Waals surface area contributed by atoms with Gasteiger partial charge in [-0.2, -0.15) is 0 Å². The second-order valence-electron chi connectivity index (χ2n) is 5.00. The molecule has 1 aliphatic rings. The highest BCUT2D eigenvalue weighted by Crippen LogP contribution is 2.41. The predicted octanol–water partition coefficient (Wildman–Crippen LogP) is 6.85. The summed E-state index contributed by atoms with van der Waals surface area (Å²) < 4.78 is 0. The molecule has 3 atom stereocenters. The van der Waals surface area contributed by atoms with Crippen LogP contribution in [0.4, 0.5) is 0 Å². The molecule has 1 fully saturated rings. The summed E-state index contributed by atoms with van der Waals surface area (Å²) in [6.45, 7) is 0. The molecule has 0 spiro atoms. The molecule has 0 aromatic rings. The second kappa shape index (κ2) is 11.6. The first kappa shape index (κ1) is 18.0. The van der Waals surface area contributed by atoms with Crippen LogP contribution in [0.5, 0.6) is 0 Å². The van der Waals surface area contributed by atoms with E-state index in [2.05, 4.69) is 0 Å². The van der Waals surface area contributed by atoms with Crippen molar-refractivity contribution in [3.63, 3.8) is 0 Å². The SMILES string of the molecule is ClSCCC1CCC(CCSCl)C(CCSCl)C1. The average Bonchev–Trinajstić information content (AvgIpc) is 2.41. The molecule has 1 aliphatic carbocycles. The fourth-order valence-electron chi connectivity index (χ4n) is 3.02. The van der Waals surface area contributed by atoms with Crippen LogP contribution >= 0.6 is 65.0 Å². The summed E-state index contributed by atoms with van der Waals surface area (Å²) in [5, 5.41) is 0. The van der Waals surface area contributed by atoms with Gasteiger partial charge < -0.3 is 0 Å². The monoisotopic (exact) mass is 366 g/mol. The van der Waals surface area contributed by atoms with Crippen LogP contribution in [0.3, 0.4) is 0 Å². The van der Waals surface area contributed by atoms with Gasteiger partial charge in [0.2, 0.25) is 0 Å². The Kier molecular flexibility index (Phi) is 11.5. The Hall–Kier alpha value is 1.92. The average molecular weight is 368 g/mol. The molecule has 0 aromatic carbocycles. The summed E-state index contributed by atoms with van der Waals surface area (Å²) in [5.41, 5.74) is 0. The number of hydrogen-bond acceptors (Lipinski definition) is 3. The Morgan fingerprint density at radius 3 is 1.89 bits per heavy atom. The molecule has 3 unspecified atom stereocenters. The third kappa shape index (κ3) is 7.08. The molecule has 6 heteroatoms. The summed E-state index contributed by atoms with van der Waals surface area (Å²) >= 11 is 0. The molecular formula is C12H21Cl3S3. The van der Waals surface area contributed by atoms with Gasteiger partial charge in [-0.3, -0.25) is 0 Å². The number of hydrogen-bond donors (Lipinski definition) is 0. The maximum Gasteiger partial charge on any atom is 0.00880 e. The molecule has 0 saturated heterocycles. The minimum absolute atomic E-state index is 0.846. The van der Waals surface area contributed by atoms with Crippen LogP contribution in [-0.2, 0) is 0 Å². The Labute approximate surface area is 138 Å². The molecule has 0 heterocycles. The van der Waals surface area contributed by atoms with E-state index in [1.165, 1.54) is 71.5 Å². The van der Waals surface area contributed by atoms with Crippen LogP contribution in [-0.4, -0.2) is 17.3 Å². The van der Waals surface area contributed by atoms with Crippen LogP contribution < -0.4 is 0 Å². The van der Waals surface area contributed by atoms with Crippen molar-refractivity contribution < 1.29 is 0 Å². The van der Waals surface area contributed by atoms with Gasteiger partial charge in [0.25, 0.3) is 0 Å². The molecule has 0 aliphatic heterocycles. The third-order valence-corrected chi connectivity index (χ3v) is 6.54. The van der Waals surface area contributed by atoms with E-state index in [4.69, 9.17) is 32.0 Å². The largest absolute Gasteiger partial charge is 0.0558 e. The minimum Gasteiger partial charge on any atom is -0.0558 e. The van der Waals surface area contributed by atoms with Crippen LogP contribution in [0.25, 0.3) is 0 Å². The van der Waals surface area contributed by atoms with Gasteiger partial charge in [0, 0.05) is 17.3 Å².